The number of carbonyl (C=O) groups excluding carboxylic acids is 4. The van der Waals surface area contributed by atoms with Crippen LogP contribution in [0.3, 0.4) is 0 Å². The standard InChI is InChI=1S/C23H22F5N5O4.C2H6/c1-10-13(17(34)20(36)32-22(21(37)29-2)8-23(27,28)9-22)12-4-3-7-33(12)16(10)19(35)31-11-5-6-30-15(14(11)24)18(25)26;1-2/h5-6,18H,3-4,7-9H2,1-2H3,(H,29,37)(H,32,36)(H,30,31,35);1-2H3. The maximum atomic E-state index is 14.4. The fourth-order valence-electron chi connectivity index (χ4n) is 4.97. The zero-order chi connectivity index (χ0) is 29.3. The molecule has 0 bridgehead atoms. The van der Waals surface area contributed by atoms with E-state index in [1.807, 2.05) is 13.8 Å². The van der Waals surface area contributed by atoms with Gasteiger partial charge in [-0.25, -0.2) is 22.0 Å². The van der Waals surface area contributed by atoms with Crippen LogP contribution in [-0.2, 0) is 22.6 Å². The third-order valence-electron chi connectivity index (χ3n) is 6.56. The summed E-state index contributed by atoms with van der Waals surface area (Å²) in [5, 5.41) is 6.55. The van der Waals surface area contributed by atoms with Gasteiger partial charge in [0.2, 0.25) is 5.91 Å². The molecule has 2 aliphatic rings. The van der Waals surface area contributed by atoms with Gasteiger partial charge in [-0.05, 0) is 31.4 Å². The fourth-order valence-corrected chi connectivity index (χ4v) is 4.97. The van der Waals surface area contributed by atoms with Gasteiger partial charge in [-0.15, -0.1) is 0 Å². The third-order valence-corrected chi connectivity index (χ3v) is 6.56. The highest BCUT2D eigenvalue weighted by Crippen LogP contribution is 2.46. The summed E-state index contributed by atoms with van der Waals surface area (Å²) < 4.78 is 69.0. The number of Topliss-reactive ketones (excluding diaryl/α,β-unsaturated/α-hetero) is 1. The van der Waals surface area contributed by atoms with Crippen LogP contribution in [0.4, 0.5) is 27.6 Å². The predicted molar refractivity (Wildman–Crippen MR) is 129 cm³/mol. The number of pyridine rings is 1. The summed E-state index contributed by atoms with van der Waals surface area (Å²) in [5.41, 5.74) is -3.48. The molecule has 1 aliphatic heterocycles. The molecule has 0 spiro atoms. The Balaban J connectivity index is 0.00000205. The van der Waals surface area contributed by atoms with Gasteiger partial charge in [-0.1, -0.05) is 13.8 Å². The number of anilines is 1. The van der Waals surface area contributed by atoms with Gasteiger partial charge < -0.3 is 20.5 Å². The van der Waals surface area contributed by atoms with Crippen LogP contribution in [0, 0.1) is 12.7 Å². The Morgan fingerprint density at radius 3 is 2.33 bits per heavy atom. The summed E-state index contributed by atoms with van der Waals surface area (Å²) in [6, 6.07) is 0.994. The second kappa shape index (κ2) is 11.1. The second-order valence-corrected chi connectivity index (χ2v) is 9.02. The van der Waals surface area contributed by atoms with Crippen LogP contribution in [0.5, 0.6) is 0 Å². The van der Waals surface area contributed by atoms with Crippen LogP contribution in [-0.4, -0.2) is 51.6 Å². The lowest BCUT2D eigenvalue weighted by Gasteiger charge is -2.45. The molecule has 1 aliphatic carbocycles. The van der Waals surface area contributed by atoms with Gasteiger partial charge in [0.1, 0.15) is 16.9 Å². The topological polar surface area (TPSA) is 122 Å². The summed E-state index contributed by atoms with van der Waals surface area (Å²) in [6.45, 7) is 5.66. The van der Waals surface area contributed by atoms with Crippen LogP contribution < -0.4 is 16.0 Å². The molecule has 4 rings (SSSR count). The summed E-state index contributed by atoms with van der Waals surface area (Å²) in [5.74, 6) is -8.81. The average Bonchev–Trinajstić information content (AvgIpc) is 3.43. The Kier molecular flexibility index (Phi) is 8.46. The quantitative estimate of drug-likeness (QED) is 0.272. The molecule has 0 atom stereocenters. The van der Waals surface area contributed by atoms with E-state index in [2.05, 4.69) is 20.9 Å². The van der Waals surface area contributed by atoms with E-state index < -0.39 is 71.4 Å². The molecule has 2 aromatic rings. The Hall–Kier alpha value is -3.84. The molecule has 0 aromatic carbocycles. The number of likely N-dealkylation sites (N-methyl/N-ethyl adjacent to an activating group) is 1. The van der Waals surface area contributed by atoms with E-state index in [-0.39, 0.29) is 23.4 Å². The highest BCUT2D eigenvalue weighted by Gasteiger charge is 2.62. The van der Waals surface area contributed by atoms with E-state index in [9.17, 15) is 41.1 Å². The molecule has 14 heteroatoms. The van der Waals surface area contributed by atoms with E-state index in [1.165, 1.54) is 18.5 Å². The van der Waals surface area contributed by atoms with E-state index in [0.29, 0.717) is 18.5 Å². The summed E-state index contributed by atoms with van der Waals surface area (Å²) in [7, 11) is 1.21. The lowest BCUT2D eigenvalue weighted by Crippen LogP contribution is -2.69. The Bertz CT molecular complexity index is 1320. The lowest BCUT2D eigenvalue weighted by molar-refractivity contribution is -0.164. The van der Waals surface area contributed by atoms with Crippen molar-refractivity contribution < 1.29 is 41.1 Å². The molecule has 212 valence electrons. The molecule has 9 nitrogen and oxygen atoms in total. The minimum absolute atomic E-state index is 0.0591. The molecule has 0 saturated heterocycles. The van der Waals surface area contributed by atoms with Crippen LogP contribution in [0.1, 0.15) is 77.3 Å². The predicted octanol–water partition coefficient (Wildman–Crippen LogP) is 3.71. The van der Waals surface area contributed by atoms with Gasteiger partial charge in [0.05, 0.1) is 11.3 Å². The summed E-state index contributed by atoms with van der Waals surface area (Å²) in [6.07, 6.45) is -3.45. The van der Waals surface area contributed by atoms with Crippen molar-refractivity contribution in [2.24, 2.45) is 0 Å². The smallest absolute Gasteiger partial charge is 0.293 e. The third kappa shape index (κ3) is 5.36. The van der Waals surface area contributed by atoms with Crippen molar-refractivity contribution in [3.63, 3.8) is 0 Å². The van der Waals surface area contributed by atoms with Crippen LogP contribution in [0.15, 0.2) is 12.3 Å². The number of nitrogens with one attached hydrogen (secondary N) is 3. The molecule has 2 aromatic heterocycles. The second-order valence-electron chi connectivity index (χ2n) is 9.02. The number of nitrogens with zero attached hydrogens (tertiary/aromatic N) is 2. The van der Waals surface area contributed by atoms with Crippen LogP contribution >= 0.6 is 0 Å². The fraction of sp³-hybridized carbons (Fsp3) is 0.480. The van der Waals surface area contributed by atoms with Crippen molar-refractivity contribution in [3.8, 4) is 0 Å². The van der Waals surface area contributed by atoms with Gasteiger partial charge in [0, 0.05) is 38.3 Å². The largest absolute Gasteiger partial charge is 0.357 e. The first-order valence-electron chi connectivity index (χ1n) is 12.2. The van der Waals surface area contributed by atoms with Gasteiger partial charge in [-0.2, -0.15) is 0 Å². The summed E-state index contributed by atoms with van der Waals surface area (Å²) in [4.78, 5) is 54.5. The Morgan fingerprint density at radius 1 is 1.13 bits per heavy atom. The molecule has 3 heterocycles. The molecular formula is C25H28F5N5O4. The van der Waals surface area contributed by atoms with E-state index >= 15 is 0 Å². The number of alkyl halides is 4. The van der Waals surface area contributed by atoms with Crippen molar-refractivity contribution >= 4 is 29.2 Å². The van der Waals surface area contributed by atoms with Crippen molar-refractivity contribution in [1.82, 2.24) is 20.2 Å². The van der Waals surface area contributed by atoms with Gasteiger partial charge >= 0.3 is 0 Å². The van der Waals surface area contributed by atoms with Crippen molar-refractivity contribution in [2.45, 2.75) is 70.9 Å². The maximum Gasteiger partial charge on any atom is 0.293 e. The highest BCUT2D eigenvalue weighted by molar-refractivity contribution is 6.44. The molecule has 1 saturated carbocycles. The number of rotatable bonds is 7. The number of fused-ring (bicyclic) bond motifs is 1. The molecule has 3 amide bonds. The first-order chi connectivity index (χ1) is 18.3. The minimum Gasteiger partial charge on any atom is -0.357 e. The molecule has 0 radical (unpaired) electrons. The van der Waals surface area contributed by atoms with Crippen molar-refractivity contribution in [2.75, 3.05) is 12.4 Å². The minimum atomic E-state index is -3.22. The molecule has 3 N–H and O–H groups in total. The van der Waals surface area contributed by atoms with Gasteiger partial charge in [0.25, 0.3) is 29.9 Å². The van der Waals surface area contributed by atoms with Gasteiger partial charge in [-0.3, -0.25) is 24.2 Å². The van der Waals surface area contributed by atoms with Crippen LogP contribution in [0.2, 0.25) is 0 Å². The first kappa shape index (κ1) is 29.7. The molecular weight excluding hydrogens is 529 g/mol. The molecule has 1 fully saturated rings. The van der Waals surface area contributed by atoms with E-state index in [4.69, 9.17) is 0 Å². The SMILES string of the molecule is CC.CNC(=O)C1(NC(=O)C(=O)c2c(C)c(C(=O)Nc3ccnc(C(F)F)c3F)n3c2CCC3)CC(F)(F)C1. The normalized spacial score (nSPS) is 16.4. The maximum absolute atomic E-state index is 14.4. The number of carbonyl (C=O) groups is 4. The van der Waals surface area contributed by atoms with Crippen LogP contribution in [0.25, 0.3) is 0 Å². The summed E-state index contributed by atoms with van der Waals surface area (Å²) >= 11 is 0. The number of hydrogen-bond donors (Lipinski definition) is 3. The van der Waals surface area contributed by atoms with Gasteiger partial charge in [0.15, 0.2) is 5.82 Å². The number of aromatic nitrogens is 2. The zero-order valence-electron chi connectivity index (χ0n) is 21.7. The average molecular weight is 558 g/mol. The number of halogens is 5. The molecule has 0 unspecified atom stereocenters. The number of ketones is 1. The van der Waals surface area contributed by atoms with E-state index in [0.717, 1.165) is 12.3 Å². The van der Waals surface area contributed by atoms with Crippen molar-refractivity contribution in [1.29, 1.82) is 0 Å². The van der Waals surface area contributed by atoms with Crippen molar-refractivity contribution in [3.05, 3.63) is 46.3 Å². The Labute approximate surface area is 220 Å². The monoisotopic (exact) mass is 557 g/mol. The lowest BCUT2D eigenvalue weighted by atomic mass is 9.72. The highest BCUT2D eigenvalue weighted by atomic mass is 19.3. The molecule has 39 heavy (non-hydrogen) atoms. The zero-order valence-corrected chi connectivity index (χ0v) is 21.7. The number of amides is 3. The Morgan fingerprint density at radius 2 is 1.77 bits per heavy atom. The first-order valence-corrected chi connectivity index (χ1v) is 12.2. The van der Waals surface area contributed by atoms with E-state index in [1.54, 1.807) is 0 Å². The number of hydrogen-bond acceptors (Lipinski definition) is 5.